The minimum atomic E-state index is -0.242. The number of hydrogen-bond acceptors (Lipinski definition) is 3. The zero-order valence-corrected chi connectivity index (χ0v) is 16.1. The second kappa shape index (κ2) is 8.80. The van der Waals surface area contributed by atoms with E-state index in [0.717, 1.165) is 28.9 Å². The van der Waals surface area contributed by atoms with Crippen LogP contribution in [0.3, 0.4) is 0 Å². The molecule has 0 aliphatic carbocycles. The molecule has 0 heterocycles. The van der Waals surface area contributed by atoms with Crippen LogP contribution in [0.4, 0.5) is 11.4 Å². The van der Waals surface area contributed by atoms with Crippen molar-refractivity contribution in [2.45, 2.75) is 13.8 Å². The van der Waals surface area contributed by atoms with E-state index in [9.17, 15) is 4.79 Å². The number of benzene rings is 2. The third kappa shape index (κ3) is 5.04. The summed E-state index contributed by atoms with van der Waals surface area (Å²) < 4.78 is 0.848. The van der Waals surface area contributed by atoms with Crippen molar-refractivity contribution < 1.29 is 4.79 Å². The molecular weight excluding hydrogens is 386 g/mol. The highest BCUT2D eigenvalue weighted by Gasteiger charge is 2.08. The summed E-state index contributed by atoms with van der Waals surface area (Å²) >= 11 is 8.56. The number of carbonyl (C=O) groups excluding carboxylic acids is 1. The molecule has 126 valence electrons. The van der Waals surface area contributed by atoms with Crippen molar-refractivity contribution in [3.05, 3.63) is 58.6 Å². The Hall–Kier alpha value is -1.92. The lowest BCUT2D eigenvalue weighted by Gasteiger charge is -2.21. The van der Waals surface area contributed by atoms with E-state index in [1.807, 2.05) is 30.3 Å². The maximum atomic E-state index is 12.2. The van der Waals surface area contributed by atoms with Gasteiger partial charge in [-0.2, -0.15) is 0 Å². The first-order valence-corrected chi connectivity index (χ1v) is 8.96. The molecule has 0 aliphatic rings. The minimum absolute atomic E-state index is 0.242. The average molecular weight is 406 g/mol. The van der Waals surface area contributed by atoms with Gasteiger partial charge in [0.2, 0.25) is 0 Å². The summed E-state index contributed by atoms with van der Waals surface area (Å²) in [6.45, 7) is 6.18. The van der Waals surface area contributed by atoms with Crippen LogP contribution in [-0.4, -0.2) is 24.1 Å². The molecule has 2 N–H and O–H groups in total. The van der Waals surface area contributed by atoms with Crippen molar-refractivity contribution >= 4 is 50.5 Å². The van der Waals surface area contributed by atoms with E-state index in [4.69, 9.17) is 12.2 Å². The van der Waals surface area contributed by atoms with Crippen LogP contribution < -0.4 is 15.5 Å². The first kappa shape index (κ1) is 18.4. The third-order valence-electron chi connectivity index (χ3n) is 3.57. The van der Waals surface area contributed by atoms with Gasteiger partial charge < -0.3 is 10.2 Å². The number of rotatable bonds is 5. The molecule has 2 aromatic rings. The van der Waals surface area contributed by atoms with Gasteiger partial charge in [0.05, 0.1) is 0 Å². The molecule has 0 radical (unpaired) electrons. The van der Waals surface area contributed by atoms with Crippen molar-refractivity contribution in [2.24, 2.45) is 0 Å². The summed E-state index contributed by atoms with van der Waals surface area (Å²) in [5.41, 5.74) is 2.55. The molecule has 2 aromatic carbocycles. The van der Waals surface area contributed by atoms with Gasteiger partial charge >= 0.3 is 0 Å². The van der Waals surface area contributed by atoms with Gasteiger partial charge in [-0.1, -0.05) is 22.0 Å². The molecule has 4 nitrogen and oxygen atoms in total. The predicted molar refractivity (Wildman–Crippen MR) is 108 cm³/mol. The maximum Gasteiger partial charge on any atom is 0.257 e. The van der Waals surface area contributed by atoms with Gasteiger partial charge in [0.15, 0.2) is 5.11 Å². The summed E-state index contributed by atoms with van der Waals surface area (Å²) in [5.74, 6) is -0.242. The number of carbonyl (C=O) groups is 1. The number of nitrogens with one attached hydrogen (secondary N) is 2. The van der Waals surface area contributed by atoms with Gasteiger partial charge in [0.25, 0.3) is 5.91 Å². The Morgan fingerprint density at radius 3 is 2.38 bits per heavy atom. The van der Waals surface area contributed by atoms with Crippen LogP contribution in [0.15, 0.2) is 53.0 Å². The van der Waals surface area contributed by atoms with E-state index in [1.165, 1.54) is 0 Å². The molecule has 0 spiro atoms. The van der Waals surface area contributed by atoms with Crippen molar-refractivity contribution in [2.75, 3.05) is 23.3 Å². The fourth-order valence-corrected chi connectivity index (χ4v) is 2.92. The Balaban J connectivity index is 1.96. The molecule has 0 saturated heterocycles. The van der Waals surface area contributed by atoms with E-state index in [2.05, 4.69) is 45.3 Å². The lowest BCUT2D eigenvalue weighted by molar-refractivity contribution is 0.0977. The molecular formula is C18H20BrN3OS. The van der Waals surface area contributed by atoms with Gasteiger partial charge in [0, 0.05) is 34.5 Å². The van der Waals surface area contributed by atoms with E-state index < -0.39 is 0 Å². The minimum Gasteiger partial charge on any atom is -0.372 e. The molecule has 0 saturated carbocycles. The van der Waals surface area contributed by atoms with Crippen LogP contribution >= 0.6 is 28.1 Å². The summed E-state index contributed by atoms with van der Waals surface area (Å²) in [5, 5.41) is 5.98. The SMILES string of the molecule is CCN(CC)c1ccc(NC(=S)NC(=O)c2cccc(Br)c2)cc1. The smallest absolute Gasteiger partial charge is 0.257 e. The highest BCUT2D eigenvalue weighted by molar-refractivity contribution is 9.10. The van der Waals surface area contributed by atoms with Crippen LogP contribution in [0.2, 0.25) is 0 Å². The largest absolute Gasteiger partial charge is 0.372 e. The molecule has 6 heteroatoms. The van der Waals surface area contributed by atoms with Crippen molar-refractivity contribution in [1.82, 2.24) is 5.32 Å². The quantitative estimate of drug-likeness (QED) is 0.722. The Labute approximate surface area is 156 Å². The molecule has 0 atom stereocenters. The van der Waals surface area contributed by atoms with Gasteiger partial charge in [0.1, 0.15) is 0 Å². The van der Waals surface area contributed by atoms with E-state index in [-0.39, 0.29) is 11.0 Å². The molecule has 2 rings (SSSR count). The first-order chi connectivity index (χ1) is 11.5. The van der Waals surface area contributed by atoms with Crippen LogP contribution in [0, 0.1) is 0 Å². The second-order valence-electron chi connectivity index (χ2n) is 5.14. The number of anilines is 2. The molecule has 0 bridgehead atoms. The zero-order valence-electron chi connectivity index (χ0n) is 13.7. The van der Waals surface area contributed by atoms with Crippen molar-refractivity contribution in [3.63, 3.8) is 0 Å². The number of thiocarbonyl (C=S) groups is 1. The number of halogens is 1. The Morgan fingerprint density at radius 2 is 1.79 bits per heavy atom. The molecule has 24 heavy (non-hydrogen) atoms. The molecule has 0 fully saturated rings. The number of nitrogens with zero attached hydrogens (tertiary/aromatic N) is 1. The number of amides is 1. The summed E-state index contributed by atoms with van der Waals surface area (Å²) in [7, 11) is 0. The molecule has 0 aliphatic heterocycles. The van der Waals surface area contributed by atoms with Gasteiger partial charge in [-0.15, -0.1) is 0 Å². The van der Waals surface area contributed by atoms with E-state index in [1.54, 1.807) is 18.2 Å². The number of hydrogen-bond donors (Lipinski definition) is 2. The predicted octanol–water partition coefficient (Wildman–Crippen LogP) is 4.42. The normalized spacial score (nSPS) is 10.1. The molecule has 0 aromatic heterocycles. The van der Waals surface area contributed by atoms with Gasteiger partial charge in [-0.05, 0) is 68.5 Å². The summed E-state index contributed by atoms with van der Waals surface area (Å²) in [6, 6.07) is 15.1. The maximum absolute atomic E-state index is 12.2. The van der Waals surface area contributed by atoms with Crippen molar-refractivity contribution in [1.29, 1.82) is 0 Å². The molecule has 1 amide bonds. The highest BCUT2D eigenvalue weighted by atomic mass is 79.9. The monoisotopic (exact) mass is 405 g/mol. The zero-order chi connectivity index (χ0) is 17.5. The van der Waals surface area contributed by atoms with Crippen molar-refractivity contribution in [3.8, 4) is 0 Å². The van der Waals surface area contributed by atoms with E-state index >= 15 is 0 Å². The van der Waals surface area contributed by atoms with Crippen LogP contribution in [0.5, 0.6) is 0 Å². The first-order valence-electron chi connectivity index (χ1n) is 7.76. The highest BCUT2D eigenvalue weighted by Crippen LogP contribution is 2.17. The fourth-order valence-electron chi connectivity index (χ4n) is 2.31. The second-order valence-corrected chi connectivity index (χ2v) is 6.46. The third-order valence-corrected chi connectivity index (χ3v) is 4.27. The Bertz CT molecular complexity index is 714. The average Bonchev–Trinajstić information content (AvgIpc) is 2.57. The van der Waals surface area contributed by atoms with Gasteiger partial charge in [-0.3, -0.25) is 10.1 Å². The van der Waals surface area contributed by atoms with Crippen LogP contribution in [0.25, 0.3) is 0 Å². The van der Waals surface area contributed by atoms with Crippen LogP contribution in [0.1, 0.15) is 24.2 Å². The summed E-state index contributed by atoms with van der Waals surface area (Å²) in [4.78, 5) is 14.4. The van der Waals surface area contributed by atoms with Gasteiger partial charge in [-0.25, -0.2) is 0 Å². The lowest BCUT2D eigenvalue weighted by Crippen LogP contribution is -2.34. The topological polar surface area (TPSA) is 44.4 Å². The lowest BCUT2D eigenvalue weighted by atomic mass is 10.2. The van der Waals surface area contributed by atoms with E-state index in [0.29, 0.717) is 5.56 Å². The standard InChI is InChI=1S/C18H20BrN3OS/c1-3-22(4-2)16-10-8-15(9-11-16)20-18(24)21-17(23)13-6-5-7-14(19)12-13/h5-12H,3-4H2,1-2H3,(H2,20,21,23,24). The van der Waals surface area contributed by atoms with Crippen LogP contribution in [-0.2, 0) is 0 Å². The summed E-state index contributed by atoms with van der Waals surface area (Å²) in [6.07, 6.45) is 0. The Morgan fingerprint density at radius 1 is 1.12 bits per heavy atom. The Kier molecular flexibility index (Phi) is 6.75. The molecule has 0 unspecified atom stereocenters. The fraction of sp³-hybridized carbons (Fsp3) is 0.222.